The van der Waals surface area contributed by atoms with Crippen LogP contribution in [0.4, 0.5) is 11.4 Å². The zero-order valence-corrected chi connectivity index (χ0v) is 16.1. The Morgan fingerprint density at radius 3 is 2.74 bits per heavy atom. The number of sulfonamides is 1. The van der Waals surface area contributed by atoms with Gasteiger partial charge in [-0.1, -0.05) is 6.92 Å². The zero-order valence-electron chi connectivity index (χ0n) is 15.3. The van der Waals surface area contributed by atoms with Gasteiger partial charge in [0.2, 0.25) is 10.0 Å². The molecule has 0 spiro atoms. The topological polar surface area (TPSA) is 114 Å². The molecule has 1 N–H and O–H groups in total. The number of rotatable bonds is 5. The van der Waals surface area contributed by atoms with Crippen molar-refractivity contribution in [3.63, 3.8) is 0 Å². The maximum atomic E-state index is 12.7. The summed E-state index contributed by atoms with van der Waals surface area (Å²) in [5, 5.41) is 15.8. The fourth-order valence-electron chi connectivity index (χ4n) is 3.36. The lowest BCUT2D eigenvalue weighted by Crippen LogP contribution is -2.40. The summed E-state index contributed by atoms with van der Waals surface area (Å²) in [5.74, 6) is 0.551. The van der Waals surface area contributed by atoms with Crippen LogP contribution in [0.5, 0.6) is 0 Å². The second kappa shape index (κ2) is 8.32. The average molecular weight is 396 g/mol. The number of hydrogen-bond donors (Lipinski definition) is 1. The summed E-state index contributed by atoms with van der Waals surface area (Å²) >= 11 is 0. The van der Waals surface area contributed by atoms with E-state index in [0.717, 1.165) is 37.5 Å². The molecule has 1 saturated carbocycles. The summed E-state index contributed by atoms with van der Waals surface area (Å²) in [6, 6.07) is 3.88. The molecule has 0 aromatic heterocycles. The van der Waals surface area contributed by atoms with Crippen LogP contribution in [0.1, 0.15) is 32.6 Å². The molecule has 1 aromatic carbocycles. The van der Waals surface area contributed by atoms with Gasteiger partial charge in [0, 0.05) is 24.9 Å². The summed E-state index contributed by atoms with van der Waals surface area (Å²) in [6.45, 7) is 3.26. The summed E-state index contributed by atoms with van der Waals surface area (Å²) in [6.07, 6.45) is 3.95. The third kappa shape index (κ3) is 4.63. The van der Waals surface area contributed by atoms with E-state index in [2.05, 4.69) is 17.5 Å². The molecule has 0 amide bonds. The van der Waals surface area contributed by atoms with Crippen molar-refractivity contribution in [3.8, 4) is 0 Å². The largest absolute Gasteiger partial charge is 0.379 e. The van der Waals surface area contributed by atoms with Crippen LogP contribution in [0.2, 0.25) is 0 Å². The van der Waals surface area contributed by atoms with Crippen molar-refractivity contribution in [2.24, 2.45) is 11.0 Å². The summed E-state index contributed by atoms with van der Waals surface area (Å²) in [4.78, 5) is 10.8. The van der Waals surface area contributed by atoms with E-state index in [1.165, 1.54) is 16.4 Å². The minimum atomic E-state index is -3.79. The van der Waals surface area contributed by atoms with Crippen molar-refractivity contribution in [1.82, 2.24) is 4.31 Å². The van der Waals surface area contributed by atoms with E-state index in [0.29, 0.717) is 19.1 Å². The minimum absolute atomic E-state index is 0.0967. The van der Waals surface area contributed by atoms with Gasteiger partial charge >= 0.3 is 0 Å². The molecular weight excluding hydrogens is 372 g/mol. The highest BCUT2D eigenvalue weighted by atomic mass is 32.2. The molecule has 2 aliphatic rings. The molecule has 2 fully saturated rings. The zero-order chi connectivity index (χ0) is 19.4. The van der Waals surface area contributed by atoms with Gasteiger partial charge in [-0.15, -0.1) is 0 Å². The fraction of sp³-hybridized carbons (Fsp3) is 0.588. The van der Waals surface area contributed by atoms with E-state index in [4.69, 9.17) is 4.74 Å². The number of morpholine rings is 1. The lowest BCUT2D eigenvalue weighted by Gasteiger charge is -2.26. The first-order valence-corrected chi connectivity index (χ1v) is 10.5. The molecule has 0 radical (unpaired) electrons. The Morgan fingerprint density at radius 2 is 2.07 bits per heavy atom. The monoisotopic (exact) mass is 396 g/mol. The molecule has 1 heterocycles. The van der Waals surface area contributed by atoms with Gasteiger partial charge in [-0.2, -0.15) is 9.41 Å². The molecule has 27 heavy (non-hydrogen) atoms. The molecule has 0 unspecified atom stereocenters. The second-order valence-corrected chi connectivity index (χ2v) is 8.88. The molecule has 148 valence electrons. The minimum Gasteiger partial charge on any atom is -0.379 e. The van der Waals surface area contributed by atoms with Crippen LogP contribution in [-0.2, 0) is 14.8 Å². The van der Waals surface area contributed by atoms with E-state index in [1.54, 1.807) is 0 Å². The highest BCUT2D eigenvalue weighted by Gasteiger charge is 2.29. The number of nitro groups is 1. The van der Waals surface area contributed by atoms with Crippen molar-refractivity contribution in [1.29, 1.82) is 0 Å². The number of anilines is 1. The van der Waals surface area contributed by atoms with Crippen molar-refractivity contribution in [2.45, 2.75) is 37.5 Å². The average Bonchev–Trinajstić information content (AvgIpc) is 2.67. The van der Waals surface area contributed by atoms with Gasteiger partial charge < -0.3 is 4.74 Å². The molecule has 1 aromatic rings. The number of ether oxygens (including phenoxy) is 1. The number of hydrogen-bond acceptors (Lipinski definition) is 7. The molecular formula is C17H24N4O5S. The number of nitrogens with one attached hydrogen (secondary N) is 1. The number of nitro benzene ring substituents is 1. The molecule has 0 bridgehead atoms. The third-order valence-electron chi connectivity index (χ3n) is 4.85. The quantitative estimate of drug-likeness (QED) is 0.604. The molecule has 1 atom stereocenters. The SMILES string of the molecule is C[C@@H]1CCC/C(=N/Nc2ccc(S(=O)(=O)N3CCOCC3)cc2[N+](=O)[O-])C1. The molecule has 10 heteroatoms. The van der Waals surface area contributed by atoms with E-state index in [-0.39, 0.29) is 29.4 Å². The summed E-state index contributed by atoms with van der Waals surface area (Å²) in [7, 11) is -3.79. The van der Waals surface area contributed by atoms with Crippen LogP contribution >= 0.6 is 0 Å². The van der Waals surface area contributed by atoms with E-state index in [9.17, 15) is 18.5 Å². The maximum Gasteiger partial charge on any atom is 0.295 e. The van der Waals surface area contributed by atoms with Crippen molar-refractivity contribution < 1.29 is 18.1 Å². The van der Waals surface area contributed by atoms with Gasteiger partial charge in [-0.3, -0.25) is 15.5 Å². The Labute approximate surface area is 158 Å². The van der Waals surface area contributed by atoms with Crippen LogP contribution < -0.4 is 5.43 Å². The first-order valence-electron chi connectivity index (χ1n) is 9.05. The Balaban J connectivity index is 1.84. The smallest absolute Gasteiger partial charge is 0.295 e. The molecule has 9 nitrogen and oxygen atoms in total. The van der Waals surface area contributed by atoms with E-state index >= 15 is 0 Å². The predicted octanol–water partition coefficient (Wildman–Crippen LogP) is 2.59. The van der Waals surface area contributed by atoms with Crippen molar-refractivity contribution >= 4 is 27.1 Å². The predicted molar refractivity (Wildman–Crippen MR) is 101 cm³/mol. The third-order valence-corrected chi connectivity index (χ3v) is 6.75. The van der Waals surface area contributed by atoms with Gasteiger partial charge in [-0.25, -0.2) is 8.42 Å². The standard InChI is InChI=1S/C17H24N4O5S/c1-13-3-2-4-14(11-13)18-19-16-6-5-15(12-17(16)21(22)23)27(24,25)20-7-9-26-10-8-20/h5-6,12-13,19H,2-4,7-11H2,1H3/b18-14-/t13-/m1/s1. The first kappa shape index (κ1) is 19.7. The number of benzene rings is 1. The number of nitrogens with zero attached hydrogens (tertiary/aromatic N) is 3. The molecule has 3 rings (SSSR count). The number of hydrazone groups is 1. The Kier molecular flexibility index (Phi) is 6.08. The van der Waals surface area contributed by atoms with Gasteiger partial charge in [0.05, 0.1) is 23.0 Å². The summed E-state index contributed by atoms with van der Waals surface area (Å²) in [5.41, 5.74) is 3.62. The molecule has 1 saturated heterocycles. The lowest BCUT2D eigenvalue weighted by molar-refractivity contribution is -0.384. The summed E-state index contributed by atoms with van der Waals surface area (Å²) < 4.78 is 31.9. The highest BCUT2D eigenvalue weighted by molar-refractivity contribution is 7.89. The highest BCUT2D eigenvalue weighted by Crippen LogP contribution is 2.30. The second-order valence-electron chi connectivity index (χ2n) is 6.94. The van der Waals surface area contributed by atoms with E-state index < -0.39 is 14.9 Å². The Hall–Kier alpha value is -2.04. The Morgan fingerprint density at radius 1 is 1.33 bits per heavy atom. The van der Waals surface area contributed by atoms with Gasteiger partial charge in [0.25, 0.3) is 5.69 Å². The van der Waals surface area contributed by atoms with Crippen molar-refractivity contribution in [2.75, 3.05) is 31.7 Å². The van der Waals surface area contributed by atoms with Gasteiger partial charge in [0.1, 0.15) is 5.69 Å². The maximum absolute atomic E-state index is 12.7. The fourth-order valence-corrected chi connectivity index (χ4v) is 4.78. The van der Waals surface area contributed by atoms with Crippen LogP contribution in [0.15, 0.2) is 28.2 Å². The normalized spacial score (nSPS) is 23.3. The Bertz CT molecular complexity index is 834. The lowest BCUT2D eigenvalue weighted by atomic mass is 9.89. The van der Waals surface area contributed by atoms with Crippen LogP contribution in [0.3, 0.4) is 0 Å². The van der Waals surface area contributed by atoms with Crippen molar-refractivity contribution in [3.05, 3.63) is 28.3 Å². The van der Waals surface area contributed by atoms with Gasteiger partial charge in [-0.05, 0) is 43.7 Å². The van der Waals surface area contributed by atoms with Crippen LogP contribution in [0, 0.1) is 16.0 Å². The van der Waals surface area contributed by atoms with Crippen LogP contribution in [0.25, 0.3) is 0 Å². The van der Waals surface area contributed by atoms with Gasteiger partial charge in [0.15, 0.2) is 0 Å². The van der Waals surface area contributed by atoms with E-state index in [1.807, 2.05) is 0 Å². The first-order chi connectivity index (χ1) is 12.9. The molecule has 1 aliphatic carbocycles. The van der Waals surface area contributed by atoms with Crippen LogP contribution in [-0.4, -0.2) is 49.7 Å². The molecule has 1 aliphatic heterocycles.